The average Bonchev–Trinajstić information content (AvgIpc) is 3.60. The fourth-order valence-electron chi connectivity index (χ4n) is 4.50. The second-order valence-electron chi connectivity index (χ2n) is 8.74. The number of benzene rings is 1. The van der Waals surface area contributed by atoms with Crippen molar-refractivity contribution in [2.45, 2.75) is 51.1 Å². The molecule has 0 bridgehead atoms. The number of aliphatic imine (C=N–C) groups is 1. The van der Waals surface area contributed by atoms with Gasteiger partial charge >= 0.3 is 0 Å². The van der Waals surface area contributed by atoms with Gasteiger partial charge in [0.05, 0.1) is 0 Å². The zero-order valence-electron chi connectivity index (χ0n) is 17.2. The molecule has 1 saturated heterocycles. The van der Waals surface area contributed by atoms with Crippen LogP contribution in [0.1, 0.15) is 44.1 Å². The molecule has 1 aromatic rings. The molecule has 0 spiro atoms. The zero-order chi connectivity index (χ0) is 19.5. The Morgan fingerprint density at radius 1 is 1.07 bits per heavy atom. The number of hydrogen-bond acceptors (Lipinski definition) is 2. The van der Waals surface area contributed by atoms with Crippen molar-refractivity contribution in [1.29, 1.82) is 0 Å². The average molecular weight is 518 g/mol. The van der Waals surface area contributed by atoms with Gasteiger partial charge in [-0.3, -0.25) is 9.89 Å². The lowest BCUT2D eigenvalue weighted by Gasteiger charge is -2.33. The second-order valence-corrected chi connectivity index (χ2v) is 8.74. The molecule has 0 radical (unpaired) electrons. The number of guanidine groups is 1. The quantitative estimate of drug-likeness (QED) is 0.324. The van der Waals surface area contributed by atoms with Crippen molar-refractivity contribution in [1.82, 2.24) is 15.5 Å². The normalized spacial score (nSPS) is 21.2. The van der Waals surface area contributed by atoms with E-state index >= 15 is 0 Å². The molecule has 0 atom stereocenters. The Morgan fingerprint density at radius 2 is 1.72 bits per heavy atom. The lowest BCUT2D eigenvalue weighted by Crippen LogP contribution is -2.49. The van der Waals surface area contributed by atoms with E-state index in [2.05, 4.69) is 20.5 Å². The highest BCUT2D eigenvalue weighted by molar-refractivity contribution is 14.0. The van der Waals surface area contributed by atoms with Crippen LogP contribution in [0.4, 0.5) is 8.78 Å². The van der Waals surface area contributed by atoms with Crippen LogP contribution in [0.5, 0.6) is 0 Å². The van der Waals surface area contributed by atoms with Crippen molar-refractivity contribution in [2.75, 3.05) is 26.7 Å². The molecular weight excluding hydrogens is 485 g/mol. The van der Waals surface area contributed by atoms with Crippen molar-refractivity contribution in [2.24, 2.45) is 22.7 Å². The van der Waals surface area contributed by atoms with Gasteiger partial charge in [0.25, 0.3) is 0 Å². The maximum Gasteiger partial charge on any atom is 0.191 e. The van der Waals surface area contributed by atoms with E-state index in [1.54, 1.807) is 6.07 Å². The zero-order valence-corrected chi connectivity index (χ0v) is 19.5. The van der Waals surface area contributed by atoms with E-state index in [0.29, 0.717) is 12.6 Å². The lowest BCUT2D eigenvalue weighted by molar-refractivity contribution is 0.198. The van der Waals surface area contributed by atoms with Crippen LogP contribution in [0.2, 0.25) is 0 Å². The molecule has 2 aliphatic carbocycles. The minimum absolute atomic E-state index is 0. The number of hydrogen-bond donors (Lipinski definition) is 2. The molecule has 3 fully saturated rings. The molecule has 29 heavy (non-hydrogen) atoms. The number of rotatable bonds is 7. The maximum atomic E-state index is 13.4. The van der Waals surface area contributed by atoms with Gasteiger partial charge in [-0.1, -0.05) is 6.07 Å². The summed E-state index contributed by atoms with van der Waals surface area (Å²) in [4.78, 5) is 6.72. The highest BCUT2D eigenvalue weighted by Gasteiger charge is 2.41. The third-order valence-corrected chi connectivity index (χ3v) is 6.50. The van der Waals surface area contributed by atoms with Gasteiger partial charge in [-0.25, -0.2) is 8.78 Å². The van der Waals surface area contributed by atoms with Gasteiger partial charge in [-0.15, -0.1) is 24.0 Å². The van der Waals surface area contributed by atoms with Gasteiger partial charge in [0.1, 0.15) is 0 Å². The van der Waals surface area contributed by atoms with E-state index in [4.69, 9.17) is 0 Å². The molecule has 162 valence electrons. The van der Waals surface area contributed by atoms with Crippen LogP contribution < -0.4 is 10.6 Å². The fraction of sp³-hybridized carbons (Fsp3) is 0.682. The van der Waals surface area contributed by atoms with E-state index < -0.39 is 11.6 Å². The molecule has 1 aromatic carbocycles. The van der Waals surface area contributed by atoms with E-state index in [0.717, 1.165) is 61.8 Å². The number of likely N-dealkylation sites (tertiary alicyclic amines) is 1. The van der Waals surface area contributed by atoms with Crippen LogP contribution in [0.15, 0.2) is 23.2 Å². The Balaban J connectivity index is 0.00000240. The molecule has 2 saturated carbocycles. The number of nitrogens with one attached hydrogen (secondary N) is 2. The van der Waals surface area contributed by atoms with Gasteiger partial charge in [0.15, 0.2) is 17.6 Å². The fourth-order valence-corrected chi connectivity index (χ4v) is 4.50. The third kappa shape index (κ3) is 6.51. The molecule has 7 heteroatoms. The van der Waals surface area contributed by atoms with Crippen molar-refractivity contribution in [3.63, 3.8) is 0 Å². The molecule has 4 rings (SSSR count). The van der Waals surface area contributed by atoms with Crippen LogP contribution in [0.3, 0.4) is 0 Å². The highest BCUT2D eigenvalue weighted by Crippen LogP contribution is 2.48. The molecule has 1 aliphatic heterocycles. The van der Waals surface area contributed by atoms with Gasteiger partial charge in [0, 0.05) is 39.3 Å². The first-order chi connectivity index (χ1) is 13.6. The van der Waals surface area contributed by atoms with Crippen LogP contribution in [-0.4, -0.2) is 43.6 Å². The third-order valence-electron chi connectivity index (χ3n) is 6.50. The smallest absolute Gasteiger partial charge is 0.191 e. The van der Waals surface area contributed by atoms with Gasteiger partial charge in [0.2, 0.25) is 0 Å². The summed E-state index contributed by atoms with van der Waals surface area (Å²) in [7, 11) is 1.84. The summed E-state index contributed by atoms with van der Waals surface area (Å²) in [5.74, 6) is 2.09. The molecule has 3 aliphatic rings. The molecule has 0 aromatic heterocycles. The van der Waals surface area contributed by atoms with Crippen molar-refractivity contribution in [3.05, 3.63) is 35.4 Å². The predicted octanol–water partition coefficient (Wildman–Crippen LogP) is 4.15. The van der Waals surface area contributed by atoms with E-state index in [1.165, 1.54) is 37.8 Å². The Hall–Kier alpha value is -0.960. The molecular formula is C22H33F2IN4. The first-order valence-corrected chi connectivity index (χ1v) is 10.8. The first kappa shape index (κ1) is 22.7. The molecule has 1 heterocycles. The number of halogens is 3. The first-order valence-electron chi connectivity index (χ1n) is 10.8. The monoisotopic (exact) mass is 518 g/mol. The summed E-state index contributed by atoms with van der Waals surface area (Å²) in [6.45, 7) is 3.60. The van der Waals surface area contributed by atoms with Crippen LogP contribution in [-0.2, 0) is 6.54 Å². The summed E-state index contributed by atoms with van der Waals surface area (Å²) in [5.41, 5.74) is 0.828. The Morgan fingerprint density at radius 3 is 2.28 bits per heavy atom. The van der Waals surface area contributed by atoms with Crippen LogP contribution in [0.25, 0.3) is 0 Å². The van der Waals surface area contributed by atoms with Crippen molar-refractivity contribution in [3.8, 4) is 0 Å². The predicted molar refractivity (Wildman–Crippen MR) is 124 cm³/mol. The lowest BCUT2D eigenvalue weighted by atomic mass is 9.98. The minimum Gasteiger partial charge on any atom is -0.356 e. The van der Waals surface area contributed by atoms with E-state index in [9.17, 15) is 8.78 Å². The summed E-state index contributed by atoms with van der Waals surface area (Å²) in [6.07, 6.45) is 7.69. The molecule has 0 amide bonds. The topological polar surface area (TPSA) is 39.7 Å². The van der Waals surface area contributed by atoms with Crippen molar-refractivity contribution < 1.29 is 8.78 Å². The summed E-state index contributed by atoms with van der Waals surface area (Å²) in [5, 5.41) is 7.15. The van der Waals surface area contributed by atoms with Crippen molar-refractivity contribution >= 4 is 29.9 Å². The summed E-state index contributed by atoms with van der Waals surface area (Å²) < 4.78 is 26.5. The minimum atomic E-state index is -0.781. The number of piperidine rings is 1. The largest absolute Gasteiger partial charge is 0.356 e. The SMILES string of the molecule is CN=C(NCC(C1CC1)C1CC1)NC1CCN(Cc2ccc(F)c(F)c2)CC1.I. The van der Waals surface area contributed by atoms with Crippen LogP contribution >= 0.6 is 24.0 Å². The Kier molecular flexibility index (Phi) is 8.13. The summed E-state index contributed by atoms with van der Waals surface area (Å²) >= 11 is 0. The molecule has 2 N–H and O–H groups in total. The van der Waals surface area contributed by atoms with E-state index in [1.807, 2.05) is 7.05 Å². The maximum absolute atomic E-state index is 13.4. The summed E-state index contributed by atoms with van der Waals surface area (Å²) in [6, 6.07) is 4.60. The van der Waals surface area contributed by atoms with Gasteiger partial charge in [-0.2, -0.15) is 0 Å². The van der Waals surface area contributed by atoms with Crippen LogP contribution in [0, 0.1) is 29.4 Å². The Bertz CT molecular complexity index is 686. The number of nitrogens with zero attached hydrogens (tertiary/aromatic N) is 2. The van der Waals surface area contributed by atoms with Gasteiger partial charge in [-0.05, 0) is 74.0 Å². The molecule has 0 unspecified atom stereocenters. The molecule has 4 nitrogen and oxygen atoms in total. The highest BCUT2D eigenvalue weighted by atomic mass is 127. The standard InChI is InChI=1S/C22H32F2N4.HI/c1-25-22(26-13-19(16-3-4-16)17-5-6-17)27-18-8-10-28(11-9-18)14-15-2-7-20(23)21(24)12-15;/h2,7,12,16-19H,3-6,8-11,13-14H2,1H3,(H2,25,26,27);1H. The second kappa shape index (κ2) is 10.4. The van der Waals surface area contributed by atoms with E-state index in [-0.39, 0.29) is 24.0 Å². The Labute approximate surface area is 189 Å². The van der Waals surface area contributed by atoms with Gasteiger partial charge < -0.3 is 10.6 Å².